The summed E-state index contributed by atoms with van der Waals surface area (Å²) in [7, 11) is 0. The fraction of sp³-hybridized carbons (Fsp3) is 0.500. The van der Waals surface area contributed by atoms with Crippen LogP contribution >= 0.6 is 0 Å². The molecule has 2 aromatic rings. The quantitative estimate of drug-likeness (QED) is 0.725. The average molecular weight is 343 g/mol. The van der Waals surface area contributed by atoms with E-state index in [9.17, 15) is 9.90 Å². The number of rotatable bonds is 5. The molecule has 134 valence electrons. The smallest absolute Gasteiger partial charge is 0.315 e. The van der Waals surface area contributed by atoms with E-state index in [0.29, 0.717) is 18.9 Å². The van der Waals surface area contributed by atoms with Gasteiger partial charge in [0.05, 0.1) is 5.60 Å². The van der Waals surface area contributed by atoms with Gasteiger partial charge < -0.3 is 15.7 Å². The molecular formula is C18H25N5O2. The predicted molar refractivity (Wildman–Crippen MR) is 94.2 cm³/mol. The molecule has 0 radical (unpaired) electrons. The molecule has 0 aliphatic heterocycles. The number of nitrogens with zero attached hydrogens (tertiary/aromatic N) is 3. The van der Waals surface area contributed by atoms with Gasteiger partial charge in [-0.2, -0.15) is 5.10 Å². The number of aromatic nitrogens is 3. The van der Waals surface area contributed by atoms with Crippen LogP contribution in [0.25, 0.3) is 5.82 Å². The van der Waals surface area contributed by atoms with Gasteiger partial charge in [0.15, 0.2) is 5.82 Å². The van der Waals surface area contributed by atoms with Crippen molar-refractivity contribution in [2.45, 2.75) is 50.7 Å². The number of hydrogen-bond acceptors (Lipinski definition) is 4. The lowest BCUT2D eigenvalue weighted by atomic mass is 9.95. The first-order chi connectivity index (χ1) is 12.1. The molecule has 0 bridgehead atoms. The van der Waals surface area contributed by atoms with Crippen LogP contribution in [0.15, 0.2) is 36.8 Å². The average Bonchev–Trinajstić information content (AvgIpc) is 3.08. The molecule has 0 unspecified atom stereocenters. The summed E-state index contributed by atoms with van der Waals surface area (Å²) in [4.78, 5) is 16.3. The number of carbonyl (C=O) groups excluding carboxylic acids is 1. The molecule has 0 atom stereocenters. The van der Waals surface area contributed by atoms with Crippen molar-refractivity contribution in [1.82, 2.24) is 25.4 Å². The van der Waals surface area contributed by atoms with E-state index in [2.05, 4.69) is 20.7 Å². The van der Waals surface area contributed by atoms with Gasteiger partial charge in [-0.3, -0.25) is 0 Å². The van der Waals surface area contributed by atoms with Gasteiger partial charge in [-0.25, -0.2) is 14.5 Å². The summed E-state index contributed by atoms with van der Waals surface area (Å²) in [5.41, 5.74) is 0.168. The maximum atomic E-state index is 12.0. The summed E-state index contributed by atoms with van der Waals surface area (Å²) in [6.07, 6.45) is 11.1. The molecule has 3 rings (SSSR count). The topological polar surface area (TPSA) is 92.1 Å². The second kappa shape index (κ2) is 8.11. The van der Waals surface area contributed by atoms with E-state index >= 15 is 0 Å². The molecule has 25 heavy (non-hydrogen) atoms. The first kappa shape index (κ1) is 17.4. The highest BCUT2D eigenvalue weighted by Gasteiger charge is 2.28. The fourth-order valence-corrected chi connectivity index (χ4v) is 3.15. The van der Waals surface area contributed by atoms with Crippen LogP contribution in [0.5, 0.6) is 0 Å². The maximum Gasteiger partial charge on any atom is 0.315 e. The Morgan fingerprint density at radius 2 is 2.00 bits per heavy atom. The first-order valence-corrected chi connectivity index (χ1v) is 8.84. The molecule has 7 heteroatoms. The van der Waals surface area contributed by atoms with Gasteiger partial charge in [0, 0.05) is 31.7 Å². The zero-order valence-corrected chi connectivity index (χ0v) is 14.3. The molecule has 1 aliphatic carbocycles. The monoisotopic (exact) mass is 343 g/mol. The van der Waals surface area contributed by atoms with Gasteiger partial charge in [-0.1, -0.05) is 25.7 Å². The van der Waals surface area contributed by atoms with Gasteiger partial charge in [-0.05, 0) is 36.6 Å². The van der Waals surface area contributed by atoms with Crippen molar-refractivity contribution in [3.63, 3.8) is 0 Å². The number of amides is 2. The SMILES string of the molecule is O=C(NCc1ccnc(-n2cccn2)c1)NCC1(O)CCCCCC1. The van der Waals surface area contributed by atoms with E-state index in [1.807, 2.05) is 24.4 Å². The zero-order valence-electron chi connectivity index (χ0n) is 14.3. The second-order valence-electron chi connectivity index (χ2n) is 6.65. The lowest BCUT2D eigenvalue weighted by molar-refractivity contribution is 0.0277. The summed E-state index contributed by atoms with van der Waals surface area (Å²) in [6.45, 7) is 0.689. The molecular weight excluding hydrogens is 318 g/mol. The summed E-state index contributed by atoms with van der Waals surface area (Å²) >= 11 is 0. The van der Waals surface area contributed by atoms with Crippen LogP contribution in [-0.2, 0) is 6.54 Å². The van der Waals surface area contributed by atoms with Crippen LogP contribution in [0.4, 0.5) is 4.79 Å². The Kier molecular flexibility index (Phi) is 5.65. The van der Waals surface area contributed by atoms with Gasteiger partial charge in [0.25, 0.3) is 0 Å². The number of hydrogen-bond donors (Lipinski definition) is 3. The molecule has 2 aromatic heterocycles. The Balaban J connectivity index is 1.48. The largest absolute Gasteiger partial charge is 0.388 e. The molecule has 2 amide bonds. The summed E-state index contributed by atoms with van der Waals surface area (Å²) < 4.78 is 1.67. The van der Waals surface area contributed by atoms with Crippen molar-refractivity contribution >= 4 is 6.03 Å². The van der Waals surface area contributed by atoms with Crippen molar-refractivity contribution in [1.29, 1.82) is 0 Å². The maximum absolute atomic E-state index is 12.0. The van der Waals surface area contributed by atoms with Gasteiger partial charge in [-0.15, -0.1) is 0 Å². The van der Waals surface area contributed by atoms with Crippen LogP contribution in [0.3, 0.4) is 0 Å². The third-order valence-electron chi connectivity index (χ3n) is 4.61. The Morgan fingerprint density at radius 3 is 2.72 bits per heavy atom. The minimum Gasteiger partial charge on any atom is -0.388 e. The summed E-state index contributed by atoms with van der Waals surface area (Å²) in [5.74, 6) is 0.706. The van der Waals surface area contributed by atoms with Gasteiger partial charge in [0.2, 0.25) is 0 Å². The summed E-state index contributed by atoms with van der Waals surface area (Å²) in [6, 6.07) is 5.30. The highest BCUT2D eigenvalue weighted by atomic mass is 16.3. The second-order valence-corrected chi connectivity index (χ2v) is 6.65. The lowest BCUT2D eigenvalue weighted by Gasteiger charge is -2.26. The molecule has 3 N–H and O–H groups in total. The predicted octanol–water partition coefficient (Wildman–Crippen LogP) is 2.15. The van der Waals surface area contributed by atoms with Crippen LogP contribution in [0, 0.1) is 0 Å². The molecule has 7 nitrogen and oxygen atoms in total. The van der Waals surface area contributed by atoms with Crippen LogP contribution < -0.4 is 10.6 Å². The Hall–Kier alpha value is -2.41. The number of urea groups is 1. The molecule has 0 aromatic carbocycles. The van der Waals surface area contributed by atoms with Crippen molar-refractivity contribution in [2.75, 3.05) is 6.54 Å². The first-order valence-electron chi connectivity index (χ1n) is 8.84. The van der Waals surface area contributed by atoms with E-state index in [1.54, 1.807) is 17.1 Å². The number of nitrogens with one attached hydrogen (secondary N) is 2. The highest BCUT2D eigenvalue weighted by molar-refractivity contribution is 5.73. The van der Waals surface area contributed by atoms with Crippen LogP contribution in [0.1, 0.15) is 44.1 Å². The minimum atomic E-state index is -0.766. The number of aliphatic hydroxyl groups is 1. The van der Waals surface area contributed by atoms with Crippen LogP contribution in [0.2, 0.25) is 0 Å². The van der Waals surface area contributed by atoms with Gasteiger partial charge >= 0.3 is 6.03 Å². The Bertz CT molecular complexity index is 679. The van der Waals surface area contributed by atoms with E-state index in [4.69, 9.17) is 0 Å². The zero-order chi connectivity index (χ0) is 17.5. The minimum absolute atomic E-state index is 0.268. The number of pyridine rings is 1. The van der Waals surface area contributed by atoms with Crippen molar-refractivity contribution in [3.05, 3.63) is 42.4 Å². The molecule has 1 aliphatic rings. The number of carbonyl (C=O) groups is 1. The highest BCUT2D eigenvalue weighted by Crippen LogP contribution is 2.26. The van der Waals surface area contributed by atoms with E-state index < -0.39 is 5.60 Å². The van der Waals surface area contributed by atoms with Gasteiger partial charge in [0.1, 0.15) is 0 Å². The molecule has 2 heterocycles. The van der Waals surface area contributed by atoms with Crippen molar-refractivity contribution < 1.29 is 9.90 Å². The Morgan fingerprint density at radius 1 is 1.20 bits per heavy atom. The summed E-state index contributed by atoms with van der Waals surface area (Å²) in [5, 5.41) is 20.3. The third kappa shape index (κ3) is 5.03. The molecule has 0 saturated heterocycles. The molecule has 0 spiro atoms. The van der Waals surface area contributed by atoms with E-state index in [-0.39, 0.29) is 6.03 Å². The molecule has 1 saturated carbocycles. The van der Waals surface area contributed by atoms with E-state index in [0.717, 1.165) is 44.1 Å². The fourth-order valence-electron chi connectivity index (χ4n) is 3.15. The standard InChI is InChI=1S/C18H25N5O2/c24-17(21-14-18(25)7-3-1-2-4-8-18)20-13-15-6-10-19-16(12-15)23-11-5-9-22-23/h5-6,9-12,25H,1-4,7-8,13-14H2,(H2,20,21,24). The van der Waals surface area contributed by atoms with Crippen LogP contribution in [-0.4, -0.2) is 38.0 Å². The van der Waals surface area contributed by atoms with Crippen molar-refractivity contribution in [2.24, 2.45) is 0 Å². The molecule has 1 fully saturated rings. The lowest BCUT2D eigenvalue weighted by Crippen LogP contribution is -2.46. The van der Waals surface area contributed by atoms with E-state index in [1.165, 1.54) is 0 Å². The normalized spacial score (nSPS) is 16.8. The third-order valence-corrected chi connectivity index (χ3v) is 4.61. The Labute approximate surface area is 147 Å². The van der Waals surface area contributed by atoms with Crippen molar-refractivity contribution in [3.8, 4) is 5.82 Å².